The van der Waals surface area contributed by atoms with Crippen molar-refractivity contribution in [2.45, 2.75) is 33.4 Å². The van der Waals surface area contributed by atoms with Crippen LogP contribution in [-0.2, 0) is 6.54 Å². The molecule has 1 aromatic heterocycles. The van der Waals surface area contributed by atoms with E-state index in [1.165, 1.54) is 0 Å². The van der Waals surface area contributed by atoms with Gasteiger partial charge < -0.3 is 10.2 Å². The average Bonchev–Trinajstić information content (AvgIpc) is 2.72. The Bertz CT molecular complexity index is 1040. The summed E-state index contributed by atoms with van der Waals surface area (Å²) in [5, 5.41) is 12.4. The van der Waals surface area contributed by atoms with E-state index in [-0.39, 0.29) is 11.9 Å². The third-order valence-corrected chi connectivity index (χ3v) is 4.45. The smallest absolute Gasteiger partial charge is 0.273 e. The SMILES string of the molecule is Cc1nc(Nc2ccccc2C#N)cc(C(=O)N(Cc2ccccc2)C(C)C)n1. The highest BCUT2D eigenvalue weighted by Gasteiger charge is 2.21. The van der Waals surface area contributed by atoms with E-state index < -0.39 is 0 Å². The van der Waals surface area contributed by atoms with Crippen LogP contribution in [0.3, 0.4) is 0 Å². The van der Waals surface area contributed by atoms with Gasteiger partial charge in [-0.1, -0.05) is 42.5 Å². The Morgan fingerprint density at radius 2 is 1.79 bits per heavy atom. The van der Waals surface area contributed by atoms with Crippen LogP contribution in [0.4, 0.5) is 11.5 Å². The molecule has 1 amide bonds. The number of aromatic nitrogens is 2. The molecule has 1 heterocycles. The Morgan fingerprint density at radius 3 is 2.48 bits per heavy atom. The van der Waals surface area contributed by atoms with Gasteiger partial charge in [-0.15, -0.1) is 0 Å². The van der Waals surface area contributed by atoms with Crippen LogP contribution in [0.5, 0.6) is 0 Å². The quantitative estimate of drug-likeness (QED) is 0.678. The van der Waals surface area contributed by atoms with Gasteiger partial charge in [0.15, 0.2) is 0 Å². The van der Waals surface area contributed by atoms with Crippen LogP contribution < -0.4 is 5.32 Å². The Labute approximate surface area is 170 Å². The second-order valence-corrected chi connectivity index (χ2v) is 6.98. The number of nitrogens with one attached hydrogen (secondary N) is 1. The number of hydrogen-bond donors (Lipinski definition) is 1. The van der Waals surface area contributed by atoms with E-state index in [9.17, 15) is 10.1 Å². The molecule has 0 unspecified atom stereocenters. The van der Waals surface area contributed by atoms with Gasteiger partial charge in [0.25, 0.3) is 5.91 Å². The number of amides is 1. The molecule has 3 rings (SSSR count). The monoisotopic (exact) mass is 385 g/mol. The number of carbonyl (C=O) groups excluding carboxylic acids is 1. The van der Waals surface area contributed by atoms with Crippen LogP contribution >= 0.6 is 0 Å². The van der Waals surface area contributed by atoms with E-state index in [2.05, 4.69) is 21.4 Å². The highest BCUT2D eigenvalue weighted by Crippen LogP contribution is 2.20. The molecule has 146 valence electrons. The summed E-state index contributed by atoms with van der Waals surface area (Å²) < 4.78 is 0. The van der Waals surface area contributed by atoms with E-state index in [0.717, 1.165) is 5.56 Å². The van der Waals surface area contributed by atoms with Crippen LogP contribution in [-0.4, -0.2) is 26.8 Å². The number of rotatable bonds is 6. The lowest BCUT2D eigenvalue weighted by Gasteiger charge is -2.27. The fourth-order valence-corrected chi connectivity index (χ4v) is 2.99. The van der Waals surface area contributed by atoms with Gasteiger partial charge in [-0.05, 0) is 38.5 Å². The molecule has 1 N–H and O–H groups in total. The third kappa shape index (κ3) is 4.96. The number of nitriles is 1. The molecule has 0 aliphatic heterocycles. The lowest BCUT2D eigenvalue weighted by molar-refractivity contribution is 0.0684. The minimum absolute atomic E-state index is 0.00806. The first-order valence-electron chi connectivity index (χ1n) is 9.44. The number of para-hydroxylation sites is 1. The molecular formula is C23H23N5O. The Balaban J connectivity index is 1.89. The zero-order valence-corrected chi connectivity index (χ0v) is 16.8. The zero-order chi connectivity index (χ0) is 20.8. The number of benzene rings is 2. The van der Waals surface area contributed by atoms with Gasteiger partial charge in [-0.25, -0.2) is 9.97 Å². The topological polar surface area (TPSA) is 81.9 Å². The fraction of sp³-hybridized carbons (Fsp3) is 0.217. The van der Waals surface area contributed by atoms with Crippen LogP contribution in [0.25, 0.3) is 0 Å². The normalized spacial score (nSPS) is 10.4. The van der Waals surface area contributed by atoms with Crippen molar-refractivity contribution in [1.82, 2.24) is 14.9 Å². The maximum absolute atomic E-state index is 13.2. The van der Waals surface area contributed by atoms with Crippen LogP contribution in [0, 0.1) is 18.3 Å². The molecule has 6 nitrogen and oxygen atoms in total. The van der Waals surface area contributed by atoms with Gasteiger partial charge >= 0.3 is 0 Å². The molecule has 2 aromatic carbocycles. The maximum Gasteiger partial charge on any atom is 0.273 e. The standard InChI is InChI=1S/C23H23N5O/c1-16(2)28(15-18-9-5-4-6-10-18)23(29)21-13-22(26-17(3)25-21)27-20-12-8-7-11-19(20)14-24/h4-13,16H,15H2,1-3H3,(H,25,26,27). The molecule has 0 radical (unpaired) electrons. The summed E-state index contributed by atoms with van der Waals surface area (Å²) >= 11 is 0. The average molecular weight is 385 g/mol. The maximum atomic E-state index is 13.2. The molecule has 6 heteroatoms. The summed E-state index contributed by atoms with van der Waals surface area (Å²) in [4.78, 5) is 23.7. The van der Waals surface area contributed by atoms with Crippen molar-refractivity contribution in [3.05, 3.63) is 83.3 Å². The van der Waals surface area contributed by atoms with Crippen molar-refractivity contribution < 1.29 is 4.79 Å². The molecule has 0 atom stereocenters. The molecule has 0 aliphatic rings. The summed E-state index contributed by atoms with van der Waals surface area (Å²) in [6.45, 7) is 6.21. The van der Waals surface area contributed by atoms with Crippen molar-refractivity contribution in [3.63, 3.8) is 0 Å². The first-order valence-corrected chi connectivity index (χ1v) is 9.44. The number of nitrogens with zero attached hydrogens (tertiary/aromatic N) is 4. The molecule has 3 aromatic rings. The Hall–Kier alpha value is -3.72. The summed E-state index contributed by atoms with van der Waals surface area (Å²) in [5.74, 6) is 0.800. The largest absolute Gasteiger partial charge is 0.339 e. The zero-order valence-electron chi connectivity index (χ0n) is 16.8. The molecule has 29 heavy (non-hydrogen) atoms. The van der Waals surface area contributed by atoms with Gasteiger partial charge in [0.05, 0.1) is 11.3 Å². The first-order chi connectivity index (χ1) is 14.0. The molecule has 0 bridgehead atoms. The summed E-state index contributed by atoms with van der Waals surface area (Å²) in [6, 6.07) is 20.8. The van der Waals surface area contributed by atoms with Gasteiger partial charge in [0, 0.05) is 18.7 Å². The summed E-state index contributed by atoms with van der Waals surface area (Å²) in [7, 11) is 0. The number of aryl methyl sites for hydroxylation is 1. The number of hydrogen-bond acceptors (Lipinski definition) is 5. The van der Waals surface area contributed by atoms with Crippen molar-refractivity contribution in [3.8, 4) is 6.07 Å². The van der Waals surface area contributed by atoms with E-state index in [4.69, 9.17) is 0 Å². The van der Waals surface area contributed by atoms with E-state index in [1.807, 2.05) is 50.2 Å². The predicted molar refractivity (Wildman–Crippen MR) is 113 cm³/mol. The number of carbonyl (C=O) groups is 1. The van der Waals surface area contributed by atoms with Crippen molar-refractivity contribution in [2.75, 3.05) is 5.32 Å². The lowest BCUT2D eigenvalue weighted by atomic mass is 10.1. The van der Waals surface area contributed by atoms with Gasteiger partial charge in [0.2, 0.25) is 0 Å². The van der Waals surface area contributed by atoms with Gasteiger partial charge in [-0.3, -0.25) is 4.79 Å². The Morgan fingerprint density at radius 1 is 1.10 bits per heavy atom. The predicted octanol–water partition coefficient (Wildman–Crippen LogP) is 4.45. The van der Waals surface area contributed by atoms with Crippen molar-refractivity contribution in [1.29, 1.82) is 5.26 Å². The van der Waals surface area contributed by atoms with Crippen molar-refractivity contribution >= 4 is 17.4 Å². The first kappa shape index (κ1) is 20.0. The van der Waals surface area contributed by atoms with E-state index in [0.29, 0.717) is 35.1 Å². The molecule has 0 saturated carbocycles. The van der Waals surface area contributed by atoms with Gasteiger partial charge in [0.1, 0.15) is 23.4 Å². The second kappa shape index (κ2) is 8.98. The minimum atomic E-state index is -0.161. The molecule has 0 aliphatic carbocycles. The van der Waals surface area contributed by atoms with Crippen LogP contribution in [0.1, 0.15) is 41.3 Å². The molecule has 0 saturated heterocycles. The highest BCUT2D eigenvalue weighted by molar-refractivity contribution is 5.93. The molecule has 0 spiro atoms. The fourth-order valence-electron chi connectivity index (χ4n) is 2.99. The van der Waals surface area contributed by atoms with E-state index in [1.54, 1.807) is 36.1 Å². The van der Waals surface area contributed by atoms with Crippen molar-refractivity contribution in [2.24, 2.45) is 0 Å². The number of anilines is 2. The summed E-state index contributed by atoms with van der Waals surface area (Å²) in [6.07, 6.45) is 0. The minimum Gasteiger partial charge on any atom is -0.339 e. The summed E-state index contributed by atoms with van der Waals surface area (Å²) in [5.41, 5.74) is 2.52. The third-order valence-electron chi connectivity index (χ3n) is 4.45. The Kier molecular flexibility index (Phi) is 6.20. The molecule has 0 fully saturated rings. The van der Waals surface area contributed by atoms with Crippen LogP contribution in [0.2, 0.25) is 0 Å². The van der Waals surface area contributed by atoms with Gasteiger partial charge in [-0.2, -0.15) is 5.26 Å². The second-order valence-electron chi connectivity index (χ2n) is 6.98. The van der Waals surface area contributed by atoms with E-state index >= 15 is 0 Å². The highest BCUT2D eigenvalue weighted by atomic mass is 16.2. The molecular weight excluding hydrogens is 362 g/mol. The lowest BCUT2D eigenvalue weighted by Crippen LogP contribution is -2.37. The van der Waals surface area contributed by atoms with Crippen LogP contribution in [0.15, 0.2) is 60.7 Å².